The number of carbonyl (C=O) groups excluding carboxylic acids is 1. The number of hydrogen-bond donors (Lipinski definition) is 2. The van der Waals surface area contributed by atoms with Crippen molar-refractivity contribution in [2.45, 2.75) is 25.8 Å². The predicted molar refractivity (Wildman–Crippen MR) is 95.7 cm³/mol. The molecule has 2 heterocycles. The number of benzene rings is 1. The molecule has 0 aliphatic carbocycles. The van der Waals surface area contributed by atoms with E-state index in [4.69, 9.17) is 5.41 Å². The Balaban J connectivity index is 1.93. The van der Waals surface area contributed by atoms with Crippen molar-refractivity contribution in [1.29, 1.82) is 5.41 Å². The summed E-state index contributed by atoms with van der Waals surface area (Å²) in [6.07, 6.45) is 2.10. The van der Waals surface area contributed by atoms with Gasteiger partial charge in [0.25, 0.3) is 0 Å². The average Bonchev–Trinajstić information content (AvgIpc) is 3.04. The molecule has 24 heavy (non-hydrogen) atoms. The van der Waals surface area contributed by atoms with Crippen LogP contribution >= 0.6 is 11.3 Å². The molecule has 1 aliphatic heterocycles. The highest BCUT2D eigenvalue weighted by Gasteiger charge is 2.40. The molecule has 0 saturated carbocycles. The largest absolute Gasteiger partial charge is 0.344 e. The van der Waals surface area contributed by atoms with E-state index in [-0.39, 0.29) is 18.3 Å². The van der Waals surface area contributed by atoms with E-state index in [1.807, 2.05) is 44.3 Å². The molecule has 2 N–H and O–H groups in total. The lowest BCUT2D eigenvalue weighted by Crippen LogP contribution is -2.58. The number of hydrogen-bond acceptors (Lipinski definition) is 4. The van der Waals surface area contributed by atoms with Crippen LogP contribution < -0.4 is 5.32 Å². The summed E-state index contributed by atoms with van der Waals surface area (Å²) in [5.74, 6) is 5.97. The number of rotatable bonds is 2. The summed E-state index contributed by atoms with van der Waals surface area (Å²) in [5, 5.41) is 11.8. The van der Waals surface area contributed by atoms with E-state index in [9.17, 15) is 4.79 Å². The predicted octanol–water partition coefficient (Wildman–Crippen LogP) is 2.78. The monoisotopic (exact) mass is 338 g/mol. The Kier molecular flexibility index (Phi) is 4.12. The molecule has 1 atom stereocenters. The molecule has 0 bridgehead atoms. The maximum atomic E-state index is 12.1. The summed E-state index contributed by atoms with van der Waals surface area (Å²) < 4.78 is 0. The molecule has 3 rings (SSSR count). The van der Waals surface area contributed by atoms with Crippen LogP contribution in [0.2, 0.25) is 0 Å². The summed E-state index contributed by atoms with van der Waals surface area (Å²) >= 11 is 1.53. The molecular weight excluding hydrogens is 320 g/mol. The third-order valence-electron chi connectivity index (χ3n) is 4.00. The summed E-state index contributed by atoms with van der Waals surface area (Å²) in [6.45, 7) is 3.73. The van der Waals surface area contributed by atoms with Crippen molar-refractivity contribution in [1.82, 2.24) is 15.2 Å². The Hall–Kier alpha value is -2.65. The number of nitrogens with zero attached hydrogens (tertiary/aromatic N) is 2. The van der Waals surface area contributed by atoms with Crippen molar-refractivity contribution < 1.29 is 4.79 Å². The smallest absolute Gasteiger partial charge is 0.231 e. The SMILES string of the molecule is CC#Cc1cccc(-c2cnc([C@]3(C)CC(=O)N(C)C(=N)N3)s2)c1. The second kappa shape index (κ2) is 6.10. The molecule has 1 aromatic carbocycles. The lowest BCUT2D eigenvalue weighted by atomic mass is 9.96. The molecule has 1 amide bonds. The van der Waals surface area contributed by atoms with Crippen LogP contribution in [0.5, 0.6) is 0 Å². The van der Waals surface area contributed by atoms with Crippen LogP contribution in [-0.4, -0.2) is 28.8 Å². The van der Waals surface area contributed by atoms with Crippen LogP contribution in [0.25, 0.3) is 10.4 Å². The van der Waals surface area contributed by atoms with E-state index in [2.05, 4.69) is 22.1 Å². The van der Waals surface area contributed by atoms with E-state index in [0.29, 0.717) is 0 Å². The minimum Gasteiger partial charge on any atom is -0.344 e. The molecular formula is C18H18N4OS. The van der Waals surface area contributed by atoms with Crippen LogP contribution in [0.4, 0.5) is 0 Å². The first kappa shape index (κ1) is 16.2. The van der Waals surface area contributed by atoms with Gasteiger partial charge in [-0.2, -0.15) is 0 Å². The number of nitrogens with one attached hydrogen (secondary N) is 2. The highest BCUT2D eigenvalue weighted by Crippen LogP contribution is 2.35. The van der Waals surface area contributed by atoms with Gasteiger partial charge in [-0.15, -0.1) is 17.3 Å². The van der Waals surface area contributed by atoms with Crippen LogP contribution in [0.1, 0.15) is 30.8 Å². The molecule has 0 spiro atoms. The third-order valence-corrected chi connectivity index (χ3v) is 5.31. The Labute approximate surface area is 145 Å². The van der Waals surface area contributed by atoms with Crippen molar-refractivity contribution in [3.05, 3.63) is 41.0 Å². The second-order valence-electron chi connectivity index (χ2n) is 5.92. The normalized spacial score (nSPS) is 20.4. The fourth-order valence-corrected chi connectivity index (χ4v) is 3.63. The van der Waals surface area contributed by atoms with Crippen molar-refractivity contribution in [3.63, 3.8) is 0 Å². The fourth-order valence-electron chi connectivity index (χ4n) is 2.62. The lowest BCUT2D eigenvalue weighted by Gasteiger charge is -2.37. The Morgan fingerprint density at radius 1 is 1.46 bits per heavy atom. The summed E-state index contributed by atoms with van der Waals surface area (Å²) in [4.78, 5) is 18.9. The second-order valence-corrected chi connectivity index (χ2v) is 6.95. The van der Waals surface area contributed by atoms with Gasteiger partial charge in [-0.25, -0.2) is 4.98 Å². The quantitative estimate of drug-likeness (QED) is 0.827. The first-order valence-corrected chi connectivity index (χ1v) is 8.37. The highest BCUT2D eigenvalue weighted by molar-refractivity contribution is 7.15. The van der Waals surface area contributed by atoms with Crippen molar-refractivity contribution in [2.75, 3.05) is 7.05 Å². The van der Waals surface area contributed by atoms with Gasteiger partial charge in [-0.1, -0.05) is 18.1 Å². The topological polar surface area (TPSA) is 69.1 Å². The number of carbonyl (C=O) groups is 1. The van der Waals surface area contributed by atoms with Crippen LogP contribution in [0.15, 0.2) is 30.5 Å². The molecule has 1 saturated heterocycles. The maximum absolute atomic E-state index is 12.1. The average molecular weight is 338 g/mol. The zero-order valence-corrected chi connectivity index (χ0v) is 14.6. The van der Waals surface area contributed by atoms with Gasteiger partial charge in [0.2, 0.25) is 5.91 Å². The molecule has 0 unspecified atom stereocenters. The van der Waals surface area contributed by atoms with E-state index >= 15 is 0 Å². The molecule has 5 nitrogen and oxygen atoms in total. The summed E-state index contributed by atoms with van der Waals surface area (Å²) in [7, 11) is 1.60. The van der Waals surface area contributed by atoms with Crippen molar-refractivity contribution in [3.8, 4) is 22.3 Å². The number of aromatic nitrogens is 1. The highest BCUT2D eigenvalue weighted by atomic mass is 32.1. The fraction of sp³-hybridized carbons (Fsp3) is 0.278. The Bertz CT molecular complexity index is 856. The zero-order valence-electron chi connectivity index (χ0n) is 13.8. The third kappa shape index (κ3) is 2.91. The lowest BCUT2D eigenvalue weighted by molar-refractivity contribution is -0.129. The first-order valence-electron chi connectivity index (χ1n) is 7.56. The molecule has 122 valence electrons. The number of guanidine groups is 1. The van der Waals surface area contributed by atoms with E-state index in [1.54, 1.807) is 7.05 Å². The minimum atomic E-state index is -0.648. The van der Waals surface area contributed by atoms with Crippen LogP contribution in [0.3, 0.4) is 0 Å². The zero-order chi connectivity index (χ0) is 17.3. The van der Waals surface area contributed by atoms with E-state index in [0.717, 1.165) is 21.0 Å². The summed E-state index contributed by atoms with van der Waals surface area (Å²) in [6, 6.07) is 8.01. The van der Waals surface area contributed by atoms with E-state index < -0.39 is 5.54 Å². The maximum Gasteiger partial charge on any atom is 0.231 e. The first-order chi connectivity index (χ1) is 11.4. The molecule has 2 aromatic rings. The molecule has 1 aromatic heterocycles. The molecule has 1 fully saturated rings. The van der Waals surface area contributed by atoms with Gasteiger partial charge in [0.05, 0.1) is 16.8 Å². The standard InChI is InChI=1S/C18H18N4OS/c1-4-6-12-7-5-8-13(9-12)14-11-20-16(24-14)18(2)10-15(23)22(3)17(19)21-18/h5,7-9,11H,10H2,1-3H3,(H2,19,21)/t18-/m0/s1. The van der Waals surface area contributed by atoms with Crippen LogP contribution in [-0.2, 0) is 10.3 Å². The number of thiazole rings is 1. The van der Waals surface area contributed by atoms with Gasteiger partial charge in [0.1, 0.15) is 5.01 Å². The van der Waals surface area contributed by atoms with Crippen molar-refractivity contribution in [2.24, 2.45) is 0 Å². The minimum absolute atomic E-state index is 0.0850. The number of amides is 1. The van der Waals surface area contributed by atoms with Gasteiger partial charge < -0.3 is 5.32 Å². The van der Waals surface area contributed by atoms with Gasteiger partial charge in [-0.3, -0.25) is 15.1 Å². The molecule has 6 heteroatoms. The van der Waals surface area contributed by atoms with Crippen molar-refractivity contribution >= 4 is 23.2 Å². The molecule has 0 radical (unpaired) electrons. The summed E-state index contributed by atoms with van der Waals surface area (Å²) in [5.41, 5.74) is 1.37. The Morgan fingerprint density at radius 3 is 2.96 bits per heavy atom. The van der Waals surface area contributed by atoms with Gasteiger partial charge in [0, 0.05) is 18.8 Å². The van der Waals surface area contributed by atoms with E-state index in [1.165, 1.54) is 16.2 Å². The molecule has 1 aliphatic rings. The van der Waals surface area contributed by atoms with Gasteiger partial charge >= 0.3 is 0 Å². The van der Waals surface area contributed by atoms with Gasteiger partial charge in [-0.05, 0) is 31.5 Å². The van der Waals surface area contributed by atoms with Crippen LogP contribution in [0, 0.1) is 17.3 Å². The Morgan fingerprint density at radius 2 is 2.25 bits per heavy atom. The van der Waals surface area contributed by atoms with Gasteiger partial charge in [0.15, 0.2) is 5.96 Å².